The highest BCUT2D eigenvalue weighted by atomic mass is 19.1. The van der Waals surface area contributed by atoms with Gasteiger partial charge in [-0.1, -0.05) is 12.1 Å². The van der Waals surface area contributed by atoms with Crippen molar-refractivity contribution in [2.75, 3.05) is 11.9 Å². The van der Waals surface area contributed by atoms with E-state index in [-0.39, 0.29) is 12.1 Å². The molecule has 10 nitrogen and oxygen atoms in total. The number of nitriles is 1. The van der Waals surface area contributed by atoms with E-state index in [0.717, 1.165) is 10.9 Å². The fourth-order valence-corrected chi connectivity index (χ4v) is 3.98. The van der Waals surface area contributed by atoms with Crippen LogP contribution in [0.5, 0.6) is 0 Å². The van der Waals surface area contributed by atoms with E-state index in [1.54, 1.807) is 35.3 Å². The normalized spacial score (nSPS) is 12.2. The number of alkyl halides is 1. The number of pyridine rings is 2. The molecule has 1 atom stereocenters. The highest BCUT2D eigenvalue weighted by Crippen LogP contribution is 2.27. The first-order chi connectivity index (χ1) is 18.7. The smallest absolute Gasteiger partial charge is 0.255 e. The second-order valence-electron chi connectivity index (χ2n) is 9.50. The van der Waals surface area contributed by atoms with Crippen LogP contribution in [0.3, 0.4) is 0 Å². The molecule has 0 radical (unpaired) electrons. The average Bonchev–Trinajstić information content (AvgIpc) is 3.61. The second-order valence-corrected chi connectivity index (χ2v) is 9.50. The molecule has 39 heavy (non-hydrogen) atoms. The molecule has 1 amide bonds. The van der Waals surface area contributed by atoms with Gasteiger partial charge in [0, 0.05) is 53.7 Å². The Bertz CT molecular complexity index is 1680. The van der Waals surface area contributed by atoms with E-state index >= 15 is 0 Å². The molecule has 4 N–H and O–H groups in total. The molecule has 11 heteroatoms. The van der Waals surface area contributed by atoms with Crippen LogP contribution in [0, 0.1) is 11.3 Å². The quantitative estimate of drug-likeness (QED) is 0.237. The van der Waals surface area contributed by atoms with Crippen LogP contribution in [-0.2, 0) is 0 Å². The number of hydrogen-bond acceptors (Lipinski definition) is 7. The highest BCUT2D eigenvalue weighted by molar-refractivity contribution is 6.00. The van der Waals surface area contributed by atoms with Crippen LogP contribution in [0.25, 0.3) is 28.2 Å². The highest BCUT2D eigenvalue weighted by Gasteiger charge is 2.27. The SMILES string of the molecule is CC(C)(O)[C@H](F)CNC(=O)c1cnc(-n2ccc3cc(C#N)cnc32)cc1Nc1cccc(-c2ncc[nH]2)c1. The second kappa shape index (κ2) is 10.4. The van der Waals surface area contributed by atoms with Gasteiger partial charge in [0.15, 0.2) is 0 Å². The molecule has 0 aliphatic heterocycles. The Balaban J connectivity index is 1.52. The number of rotatable bonds is 8. The third-order valence-corrected chi connectivity index (χ3v) is 6.16. The zero-order valence-corrected chi connectivity index (χ0v) is 21.2. The number of anilines is 2. The Kier molecular flexibility index (Phi) is 6.79. The third-order valence-electron chi connectivity index (χ3n) is 6.16. The van der Waals surface area contributed by atoms with Crippen molar-refractivity contribution in [2.45, 2.75) is 25.6 Å². The van der Waals surface area contributed by atoms with E-state index in [0.29, 0.717) is 34.2 Å². The molecular formula is C28H25FN8O2. The Morgan fingerprint density at radius 1 is 1.21 bits per heavy atom. The van der Waals surface area contributed by atoms with E-state index in [9.17, 15) is 19.6 Å². The van der Waals surface area contributed by atoms with Crippen LogP contribution in [0.4, 0.5) is 15.8 Å². The molecule has 5 rings (SSSR count). The first kappa shape index (κ1) is 25.6. The molecule has 0 saturated heterocycles. The van der Waals surface area contributed by atoms with Gasteiger partial charge in [0.2, 0.25) is 0 Å². The molecule has 0 fully saturated rings. The summed E-state index contributed by atoms with van der Waals surface area (Å²) < 4.78 is 16.1. The minimum Gasteiger partial charge on any atom is -0.387 e. The first-order valence-corrected chi connectivity index (χ1v) is 12.1. The first-order valence-electron chi connectivity index (χ1n) is 12.1. The molecule has 4 aromatic heterocycles. The zero-order chi connectivity index (χ0) is 27.6. The third kappa shape index (κ3) is 5.46. The number of amides is 1. The summed E-state index contributed by atoms with van der Waals surface area (Å²) in [5.41, 5.74) is 1.56. The van der Waals surface area contributed by atoms with Gasteiger partial charge < -0.3 is 20.7 Å². The van der Waals surface area contributed by atoms with Gasteiger partial charge in [0.25, 0.3) is 5.91 Å². The van der Waals surface area contributed by atoms with Crippen molar-refractivity contribution >= 4 is 28.3 Å². The number of halogens is 1. The van der Waals surface area contributed by atoms with Gasteiger partial charge in [-0.05, 0) is 38.1 Å². The van der Waals surface area contributed by atoms with E-state index in [1.807, 2.05) is 30.3 Å². The maximum absolute atomic E-state index is 14.3. The maximum atomic E-state index is 14.3. The van der Waals surface area contributed by atoms with Crippen molar-refractivity contribution in [3.63, 3.8) is 0 Å². The monoisotopic (exact) mass is 524 g/mol. The number of hydrogen-bond donors (Lipinski definition) is 4. The van der Waals surface area contributed by atoms with Gasteiger partial charge in [-0.3, -0.25) is 9.36 Å². The summed E-state index contributed by atoms with van der Waals surface area (Å²) in [6.45, 7) is 2.31. The van der Waals surface area contributed by atoms with Crippen molar-refractivity contribution in [2.24, 2.45) is 0 Å². The Labute approximate surface area is 223 Å². The van der Waals surface area contributed by atoms with Gasteiger partial charge in [-0.2, -0.15) is 5.26 Å². The molecule has 0 unspecified atom stereocenters. The van der Waals surface area contributed by atoms with Gasteiger partial charge in [0.05, 0.1) is 29.0 Å². The van der Waals surface area contributed by atoms with Gasteiger partial charge in [0.1, 0.15) is 29.5 Å². The minimum absolute atomic E-state index is 0.182. The summed E-state index contributed by atoms with van der Waals surface area (Å²) in [6.07, 6.45) is 6.39. The van der Waals surface area contributed by atoms with Crippen LogP contribution in [0.15, 0.2) is 73.4 Å². The lowest BCUT2D eigenvalue weighted by atomic mass is 10.0. The molecule has 0 aliphatic carbocycles. The summed E-state index contributed by atoms with van der Waals surface area (Å²) in [4.78, 5) is 29.3. The van der Waals surface area contributed by atoms with E-state index in [2.05, 4.69) is 36.6 Å². The van der Waals surface area contributed by atoms with Gasteiger partial charge in [-0.15, -0.1) is 0 Å². The number of benzene rings is 1. The van der Waals surface area contributed by atoms with E-state index < -0.39 is 17.7 Å². The van der Waals surface area contributed by atoms with Crippen LogP contribution in [-0.4, -0.2) is 53.8 Å². The predicted molar refractivity (Wildman–Crippen MR) is 144 cm³/mol. The van der Waals surface area contributed by atoms with Crippen LogP contribution in [0.1, 0.15) is 29.8 Å². The predicted octanol–water partition coefficient (Wildman–Crippen LogP) is 4.26. The number of aliphatic hydroxyl groups is 1. The number of aromatic nitrogens is 5. The number of carbonyl (C=O) groups excluding carboxylic acids is 1. The minimum atomic E-state index is -1.66. The van der Waals surface area contributed by atoms with E-state index in [4.69, 9.17) is 0 Å². The van der Waals surface area contributed by atoms with Crippen LogP contribution >= 0.6 is 0 Å². The summed E-state index contributed by atoms with van der Waals surface area (Å²) >= 11 is 0. The number of H-pyrrole nitrogens is 1. The molecule has 196 valence electrons. The van der Waals surface area contributed by atoms with Crippen molar-refractivity contribution in [3.05, 3.63) is 84.6 Å². The number of carbonyl (C=O) groups is 1. The van der Waals surface area contributed by atoms with Gasteiger partial charge >= 0.3 is 0 Å². The van der Waals surface area contributed by atoms with Gasteiger partial charge in [-0.25, -0.2) is 19.3 Å². The number of imidazole rings is 1. The fraction of sp³-hybridized carbons (Fsp3) is 0.179. The summed E-state index contributed by atoms with van der Waals surface area (Å²) in [5.74, 6) is 0.609. The number of aromatic amines is 1. The van der Waals surface area contributed by atoms with Crippen LogP contribution in [0.2, 0.25) is 0 Å². The molecule has 0 aliphatic rings. The van der Waals surface area contributed by atoms with Crippen molar-refractivity contribution < 1.29 is 14.3 Å². The standard InChI is InChI=1S/C28H25FN8O2/c1-28(2,39)23(29)16-35-27(38)21-15-33-24(37-9-6-19-10-17(13-30)14-34-26(19)37)12-22(21)36-20-5-3-4-18(11-20)25-31-7-8-32-25/h3-12,14-15,23,39H,16H2,1-2H3,(H,31,32)(H,33,36)(H,35,38)/t23-/m1/s1. The summed E-state index contributed by atoms with van der Waals surface area (Å²) in [6, 6.07) is 14.8. The Hall–Kier alpha value is -5.08. The number of nitrogens with one attached hydrogen (secondary N) is 3. The maximum Gasteiger partial charge on any atom is 0.255 e. The summed E-state index contributed by atoms with van der Waals surface area (Å²) in [5, 5.41) is 25.7. The molecule has 0 spiro atoms. The lowest BCUT2D eigenvalue weighted by Crippen LogP contribution is -2.42. The molecule has 5 aromatic rings. The summed E-state index contributed by atoms with van der Waals surface area (Å²) in [7, 11) is 0. The molecular weight excluding hydrogens is 499 g/mol. The Morgan fingerprint density at radius 3 is 2.79 bits per heavy atom. The molecule has 4 heterocycles. The van der Waals surface area contributed by atoms with Crippen molar-refractivity contribution in [1.82, 2.24) is 29.8 Å². The zero-order valence-electron chi connectivity index (χ0n) is 21.2. The largest absolute Gasteiger partial charge is 0.387 e. The topological polar surface area (TPSA) is 145 Å². The average molecular weight is 525 g/mol. The fourth-order valence-electron chi connectivity index (χ4n) is 3.98. The van der Waals surface area contributed by atoms with E-state index in [1.165, 1.54) is 26.2 Å². The Morgan fingerprint density at radius 2 is 2.05 bits per heavy atom. The molecule has 0 bridgehead atoms. The number of nitrogens with zero attached hydrogens (tertiary/aromatic N) is 5. The lowest BCUT2D eigenvalue weighted by molar-refractivity contribution is -0.00177. The number of fused-ring (bicyclic) bond motifs is 1. The lowest BCUT2D eigenvalue weighted by Gasteiger charge is -2.22. The molecule has 1 aromatic carbocycles. The van der Waals surface area contributed by atoms with Crippen molar-refractivity contribution in [1.29, 1.82) is 5.26 Å². The van der Waals surface area contributed by atoms with Crippen LogP contribution < -0.4 is 10.6 Å². The van der Waals surface area contributed by atoms with Crippen molar-refractivity contribution in [3.8, 4) is 23.3 Å². The molecule has 0 saturated carbocycles.